The van der Waals surface area contributed by atoms with Crippen molar-refractivity contribution in [2.24, 2.45) is 0 Å². The maximum absolute atomic E-state index is 5.91. The predicted octanol–water partition coefficient (Wildman–Crippen LogP) is 4.62. The lowest BCUT2D eigenvalue weighted by Crippen LogP contribution is -2.26. The Morgan fingerprint density at radius 1 is 1.04 bits per heavy atom. The van der Waals surface area contributed by atoms with Crippen LogP contribution in [0, 0.1) is 0 Å². The topological polar surface area (TPSA) is 42.2 Å². The van der Waals surface area contributed by atoms with Gasteiger partial charge in [0, 0.05) is 23.7 Å². The first-order valence-electron chi connectivity index (χ1n) is 8.20. The number of benzene rings is 2. The summed E-state index contributed by atoms with van der Waals surface area (Å²) >= 11 is 5.91. The molecule has 0 saturated heterocycles. The van der Waals surface area contributed by atoms with Crippen molar-refractivity contribution in [1.29, 1.82) is 0 Å². The van der Waals surface area contributed by atoms with Crippen molar-refractivity contribution < 1.29 is 4.42 Å². The molecule has 4 nitrogen and oxygen atoms in total. The summed E-state index contributed by atoms with van der Waals surface area (Å²) in [7, 11) is 0. The number of aromatic nitrogens is 2. The smallest absolute Gasteiger partial charge is 0.247 e. The second kappa shape index (κ2) is 8.60. The van der Waals surface area contributed by atoms with Gasteiger partial charge in [-0.1, -0.05) is 48.0 Å². The minimum absolute atomic E-state index is 0.508. The van der Waals surface area contributed by atoms with E-state index in [0.29, 0.717) is 23.3 Å². The zero-order valence-electron chi connectivity index (χ0n) is 13.9. The summed E-state index contributed by atoms with van der Waals surface area (Å²) in [5.41, 5.74) is 2.17. The first-order chi connectivity index (χ1) is 12.2. The molecule has 1 heterocycles. The van der Waals surface area contributed by atoms with Gasteiger partial charge in [0.05, 0.1) is 6.54 Å². The van der Waals surface area contributed by atoms with E-state index in [1.807, 2.05) is 36.4 Å². The largest absolute Gasteiger partial charge is 0.419 e. The average molecular weight is 354 g/mol. The van der Waals surface area contributed by atoms with Gasteiger partial charge in [-0.05, 0) is 36.2 Å². The maximum Gasteiger partial charge on any atom is 0.247 e. The van der Waals surface area contributed by atoms with E-state index in [1.54, 1.807) is 0 Å². The van der Waals surface area contributed by atoms with Gasteiger partial charge in [-0.3, -0.25) is 4.90 Å². The van der Waals surface area contributed by atoms with Gasteiger partial charge >= 0.3 is 0 Å². The molecule has 0 saturated carbocycles. The zero-order chi connectivity index (χ0) is 17.5. The Morgan fingerprint density at radius 2 is 1.80 bits per heavy atom. The molecule has 25 heavy (non-hydrogen) atoms. The van der Waals surface area contributed by atoms with Crippen LogP contribution in [0.4, 0.5) is 0 Å². The molecule has 0 fully saturated rings. The lowest BCUT2D eigenvalue weighted by atomic mass is 10.1. The van der Waals surface area contributed by atoms with Gasteiger partial charge in [-0.2, -0.15) is 0 Å². The molecule has 1 aromatic heterocycles. The van der Waals surface area contributed by atoms with E-state index in [2.05, 4.69) is 45.9 Å². The summed E-state index contributed by atoms with van der Waals surface area (Å²) in [5, 5.41) is 8.98. The van der Waals surface area contributed by atoms with Crippen LogP contribution in [0.5, 0.6) is 0 Å². The summed E-state index contributed by atoms with van der Waals surface area (Å²) in [4.78, 5) is 2.24. The monoisotopic (exact) mass is 353 g/mol. The Hall–Kier alpha value is -2.43. The van der Waals surface area contributed by atoms with Crippen LogP contribution in [0.15, 0.2) is 71.7 Å². The van der Waals surface area contributed by atoms with Gasteiger partial charge in [0.25, 0.3) is 0 Å². The van der Waals surface area contributed by atoms with Crippen LogP contribution in [-0.4, -0.2) is 28.2 Å². The third-order valence-electron chi connectivity index (χ3n) is 3.86. The molecule has 0 amide bonds. The Kier molecular flexibility index (Phi) is 5.99. The fourth-order valence-corrected chi connectivity index (χ4v) is 2.69. The number of rotatable bonds is 8. The van der Waals surface area contributed by atoms with Crippen LogP contribution in [-0.2, 0) is 13.0 Å². The molecule has 0 radical (unpaired) electrons. The van der Waals surface area contributed by atoms with Gasteiger partial charge < -0.3 is 4.42 Å². The highest BCUT2D eigenvalue weighted by molar-refractivity contribution is 6.30. The van der Waals surface area contributed by atoms with Crippen LogP contribution in [0.3, 0.4) is 0 Å². The number of hydrogen-bond donors (Lipinski definition) is 0. The molecule has 128 valence electrons. The zero-order valence-corrected chi connectivity index (χ0v) is 14.7. The maximum atomic E-state index is 5.91. The fraction of sp³-hybridized carbons (Fsp3) is 0.200. The van der Waals surface area contributed by atoms with Crippen molar-refractivity contribution in [3.05, 3.63) is 83.7 Å². The third-order valence-corrected chi connectivity index (χ3v) is 4.12. The van der Waals surface area contributed by atoms with Gasteiger partial charge in [-0.25, -0.2) is 0 Å². The predicted molar refractivity (Wildman–Crippen MR) is 100 cm³/mol. The fourth-order valence-electron chi connectivity index (χ4n) is 2.57. The van der Waals surface area contributed by atoms with Crippen LogP contribution < -0.4 is 0 Å². The van der Waals surface area contributed by atoms with E-state index < -0.39 is 0 Å². The van der Waals surface area contributed by atoms with Crippen molar-refractivity contribution >= 4 is 11.6 Å². The van der Waals surface area contributed by atoms with Crippen molar-refractivity contribution in [2.75, 3.05) is 13.1 Å². The Morgan fingerprint density at radius 3 is 2.52 bits per heavy atom. The van der Waals surface area contributed by atoms with E-state index in [9.17, 15) is 0 Å². The lowest BCUT2D eigenvalue weighted by molar-refractivity contribution is 0.266. The first-order valence-corrected chi connectivity index (χ1v) is 8.58. The van der Waals surface area contributed by atoms with Crippen molar-refractivity contribution in [2.45, 2.75) is 13.0 Å². The molecule has 3 aromatic rings. The lowest BCUT2D eigenvalue weighted by Gasteiger charge is -2.18. The van der Waals surface area contributed by atoms with Crippen LogP contribution in [0.1, 0.15) is 11.5 Å². The molecule has 0 aliphatic heterocycles. The van der Waals surface area contributed by atoms with Crippen LogP contribution in [0.2, 0.25) is 5.02 Å². The molecule has 0 aliphatic rings. The summed E-state index contributed by atoms with van der Waals surface area (Å²) in [5.74, 6) is 1.10. The van der Waals surface area contributed by atoms with Crippen molar-refractivity contribution in [1.82, 2.24) is 15.1 Å². The molecule has 0 spiro atoms. The van der Waals surface area contributed by atoms with E-state index >= 15 is 0 Å². The number of hydrogen-bond acceptors (Lipinski definition) is 4. The molecular weight excluding hydrogens is 334 g/mol. The van der Waals surface area contributed by atoms with Gasteiger partial charge in [0.2, 0.25) is 11.8 Å². The number of halogens is 1. The Labute approximate surface area is 152 Å². The highest BCUT2D eigenvalue weighted by atomic mass is 35.5. The summed E-state index contributed by atoms with van der Waals surface area (Å²) < 4.78 is 5.80. The molecule has 0 aliphatic carbocycles. The SMILES string of the molecule is C=CCN(CCc1ccccc1)Cc1nnc(-c2ccc(Cl)cc2)o1. The molecule has 3 rings (SSSR count). The second-order valence-corrected chi connectivity index (χ2v) is 6.20. The van der Waals surface area contributed by atoms with Crippen LogP contribution >= 0.6 is 11.6 Å². The Bertz CT molecular complexity index is 799. The van der Waals surface area contributed by atoms with Gasteiger partial charge in [-0.15, -0.1) is 16.8 Å². The molecule has 0 N–H and O–H groups in total. The molecule has 0 atom stereocenters. The van der Waals surface area contributed by atoms with E-state index in [0.717, 1.165) is 25.1 Å². The van der Waals surface area contributed by atoms with Crippen molar-refractivity contribution in [3.8, 4) is 11.5 Å². The quantitative estimate of drug-likeness (QED) is 0.554. The first kappa shape index (κ1) is 17.4. The third kappa shape index (κ3) is 5.02. The van der Waals surface area contributed by atoms with Crippen molar-refractivity contribution in [3.63, 3.8) is 0 Å². The molecule has 0 bridgehead atoms. The van der Waals surface area contributed by atoms with Crippen LogP contribution in [0.25, 0.3) is 11.5 Å². The summed E-state index contributed by atoms with van der Waals surface area (Å²) in [6.45, 7) is 6.10. The molecule has 0 unspecified atom stereocenters. The molecule has 5 heteroatoms. The van der Waals surface area contributed by atoms with E-state index in [1.165, 1.54) is 5.56 Å². The molecule has 2 aromatic carbocycles. The number of nitrogens with zero attached hydrogens (tertiary/aromatic N) is 3. The normalized spacial score (nSPS) is 11.0. The summed E-state index contributed by atoms with van der Waals surface area (Å²) in [6, 6.07) is 17.8. The highest BCUT2D eigenvalue weighted by Crippen LogP contribution is 2.20. The van der Waals surface area contributed by atoms with Gasteiger partial charge in [0.15, 0.2) is 0 Å². The Balaban J connectivity index is 1.64. The van der Waals surface area contributed by atoms with E-state index in [-0.39, 0.29) is 0 Å². The van der Waals surface area contributed by atoms with E-state index in [4.69, 9.17) is 16.0 Å². The molecular formula is C20H20ClN3O. The average Bonchev–Trinajstić information content (AvgIpc) is 3.10. The second-order valence-electron chi connectivity index (χ2n) is 5.77. The standard InChI is InChI=1S/C20H20ClN3O/c1-2-13-24(14-12-16-6-4-3-5-7-16)15-19-22-23-20(25-19)17-8-10-18(21)11-9-17/h2-11H,1,12-15H2. The van der Waals surface area contributed by atoms with Gasteiger partial charge in [0.1, 0.15) is 0 Å². The minimum Gasteiger partial charge on any atom is -0.419 e. The highest BCUT2D eigenvalue weighted by Gasteiger charge is 2.12. The summed E-state index contributed by atoms with van der Waals surface area (Å²) in [6.07, 6.45) is 2.86. The minimum atomic E-state index is 0.508.